The molecule has 0 atom stereocenters. The summed E-state index contributed by atoms with van der Waals surface area (Å²) >= 11 is 0. The maximum Gasteiger partial charge on any atom is 0.329 e. The lowest BCUT2D eigenvalue weighted by atomic mass is 10.0. The molecule has 2 N–H and O–H groups in total. The first kappa shape index (κ1) is 16.4. The van der Waals surface area contributed by atoms with E-state index in [1.54, 1.807) is 18.2 Å². The van der Waals surface area contributed by atoms with Crippen LogP contribution in [0.3, 0.4) is 0 Å². The van der Waals surface area contributed by atoms with E-state index in [0.29, 0.717) is 17.2 Å². The molecule has 2 rings (SSSR count). The molecule has 1 heterocycles. The molecule has 0 spiro atoms. The Hall–Kier alpha value is -2.95. The van der Waals surface area contributed by atoms with E-state index in [1.807, 2.05) is 6.07 Å². The second-order valence-electron chi connectivity index (χ2n) is 5.42. The molecule has 0 aromatic heterocycles. The van der Waals surface area contributed by atoms with Crippen molar-refractivity contribution < 1.29 is 24.2 Å². The number of carboxylic acid groups (broad SMARTS) is 1. The van der Waals surface area contributed by atoms with Crippen LogP contribution in [0.1, 0.15) is 20.3 Å². The van der Waals surface area contributed by atoms with Crippen LogP contribution in [0.5, 0.6) is 11.5 Å². The number of hydrogen-bond acceptors (Lipinski definition) is 5. The highest BCUT2D eigenvalue weighted by molar-refractivity contribution is 5.94. The van der Waals surface area contributed by atoms with Crippen LogP contribution in [0.4, 0.5) is 10.5 Å². The number of amides is 2. The average Bonchev–Trinajstić information content (AvgIpc) is 2.94. The van der Waals surface area contributed by atoms with Crippen molar-refractivity contribution >= 4 is 17.7 Å². The highest BCUT2D eigenvalue weighted by Gasteiger charge is 2.37. The summed E-state index contributed by atoms with van der Waals surface area (Å²) in [6.07, 6.45) is 0.0330. The van der Waals surface area contributed by atoms with Crippen LogP contribution >= 0.6 is 0 Å². The molecular weight excluding hydrogens is 302 g/mol. The van der Waals surface area contributed by atoms with Crippen molar-refractivity contribution in [3.63, 3.8) is 0 Å². The third kappa shape index (κ3) is 3.45. The molecule has 1 aliphatic heterocycles. The number of fused-ring (bicyclic) bond motifs is 1. The van der Waals surface area contributed by atoms with Crippen LogP contribution in [0.25, 0.3) is 0 Å². The number of hydrogen-bond donors (Lipinski definition) is 2. The summed E-state index contributed by atoms with van der Waals surface area (Å²) in [5.74, 6) is -0.0738. The number of carboxylic acids is 1. The molecule has 0 unspecified atom stereocenters. The topological polar surface area (TPSA) is 112 Å². The molecule has 122 valence electrons. The van der Waals surface area contributed by atoms with Crippen LogP contribution in [0, 0.1) is 11.3 Å². The van der Waals surface area contributed by atoms with Gasteiger partial charge >= 0.3 is 12.0 Å². The van der Waals surface area contributed by atoms with Gasteiger partial charge in [0.1, 0.15) is 5.54 Å². The van der Waals surface area contributed by atoms with Crippen molar-refractivity contribution in [2.75, 3.05) is 18.7 Å². The fraction of sp³-hybridized carbons (Fsp3) is 0.400. The molecular formula is C15H17N3O5. The van der Waals surface area contributed by atoms with Crippen molar-refractivity contribution in [3.05, 3.63) is 18.2 Å². The van der Waals surface area contributed by atoms with E-state index >= 15 is 0 Å². The van der Waals surface area contributed by atoms with Gasteiger partial charge in [-0.3, -0.25) is 0 Å². The predicted molar refractivity (Wildman–Crippen MR) is 80.2 cm³/mol. The number of nitriles is 1. The van der Waals surface area contributed by atoms with Crippen LogP contribution in [0.2, 0.25) is 0 Å². The predicted octanol–water partition coefficient (Wildman–Crippen LogP) is 2.03. The fourth-order valence-corrected chi connectivity index (χ4v) is 2.08. The Morgan fingerprint density at radius 1 is 1.39 bits per heavy atom. The number of anilines is 1. The van der Waals surface area contributed by atoms with Gasteiger partial charge in [0.05, 0.1) is 12.5 Å². The van der Waals surface area contributed by atoms with Gasteiger partial charge in [0.15, 0.2) is 11.5 Å². The van der Waals surface area contributed by atoms with Gasteiger partial charge in [0.2, 0.25) is 6.79 Å². The Morgan fingerprint density at radius 2 is 2.09 bits per heavy atom. The van der Waals surface area contributed by atoms with Crippen molar-refractivity contribution in [2.24, 2.45) is 0 Å². The molecule has 23 heavy (non-hydrogen) atoms. The Morgan fingerprint density at radius 3 is 2.74 bits per heavy atom. The largest absolute Gasteiger partial charge is 0.480 e. The van der Waals surface area contributed by atoms with Gasteiger partial charge in [-0.05, 0) is 26.0 Å². The molecule has 2 amide bonds. The SMILES string of the molecule is CC(C)(C(=O)O)N(CCC#N)C(=O)Nc1ccc2c(c1)OCO2. The maximum atomic E-state index is 12.4. The monoisotopic (exact) mass is 319 g/mol. The lowest BCUT2D eigenvalue weighted by Gasteiger charge is -2.34. The molecule has 0 aliphatic carbocycles. The van der Waals surface area contributed by atoms with E-state index in [-0.39, 0.29) is 19.8 Å². The summed E-state index contributed by atoms with van der Waals surface area (Å²) in [6, 6.07) is 6.18. The van der Waals surface area contributed by atoms with Crippen molar-refractivity contribution in [1.29, 1.82) is 5.26 Å². The van der Waals surface area contributed by atoms with E-state index in [1.165, 1.54) is 13.8 Å². The second-order valence-corrected chi connectivity index (χ2v) is 5.42. The first-order valence-corrected chi connectivity index (χ1v) is 6.95. The Labute approximate surface area is 133 Å². The van der Waals surface area contributed by atoms with E-state index in [9.17, 15) is 14.7 Å². The lowest BCUT2D eigenvalue weighted by molar-refractivity contribution is -0.147. The van der Waals surface area contributed by atoms with Crippen molar-refractivity contribution in [3.8, 4) is 17.6 Å². The summed E-state index contributed by atoms with van der Waals surface area (Å²) in [5.41, 5.74) is -1.00. The molecule has 1 aromatic carbocycles. The van der Waals surface area contributed by atoms with Gasteiger partial charge in [-0.1, -0.05) is 0 Å². The Kier molecular flexibility index (Phi) is 4.60. The van der Waals surface area contributed by atoms with Gasteiger partial charge in [-0.15, -0.1) is 0 Å². The van der Waals surface area contributed by atoms with Crippen LogP contribution in [0.15, 0.2) is 18.2 Å². The molecule has 0 saturated carbocycles. The quantitative estimate of drug-likeness (QED) is 0.858. The van der Waals surface area contributed by atoms with Crippen LogP contribution in [-0.2, 0) is 4.79 Å². The zero-order valence-corrected chi connectivity index (χ0v) is 12.8. The molecule has 0 saturated heterocycles. The van der Waals surface area contributed by atoms with Gasteiger partial charge in [-0.2, -0.15) is 5.26 Å². The second kappa shape index (κ2) is 6.44. The van der Waals surface area contributed by atoms with Crippen molar-refractivity contribution in [2.45, 2.75) is 25.8 Å². The van der Waals surface area contributed by atoms with Gasteiger partial charge in [0.25, 0.3) is 0 Å². The number of ether oxygens (including phenoxy) is 2. The number of nitrogens with zero attached hydrogens (tertiary/aromatic N) is 2. The molecule has 1 aromatic rings. The smallest absolute Gasteiger partial charge is 0.329 e. The minimum Gasteiger partial charge on any atom is -0.480 e. The highest BCUT2D eigenvalue weighted by Crippen LogP contribution is 2.34. The average molecular weight is 319 g/mol. The number of rotatable bonds is 5. The van der Waals surface area contributed by atoms with Crippen LogP contribution < -0.4 is 14.8 Å². The standard InChI is InChI=1S/C15H17N3O5/c1-15(2,13(19)20)18(7-3-6-16)14(21)17-10-4-5-11-12(8-10)23-9-22-11/h4-5,8H,3,7,9H2,1-2H3,(H,17,21)(H,19,20). The maximum absolute atomic E-state index is 12.4. The summed E-state index contributed by atoms with van der Waals surface area (Å²) in [6.45, 7) is 2.94. The highest BCUT2D eigenvalue weighted by atomic mass is 16.7. The number of urea groups is 1. The van der Waals surface area contributed by atoms with Gasteiger partial charge in [0, 0.05) is 18.3 Å². The third-order valence-corrected chi connectivity index (χ3v) is 3.51. The number of aliphatic carboxylic acids is 1. The summed E-state index contributed by atoms with van der Waals surface area (Å²) < 4.78 is 10.4. The molecule has 8 heteroatoms. The first-order valence-electron chi connectivity index (χ1n) is 6.95. The van der Waals surface area contributed by atoms with E-state index in [2.05, 4.69) is 5.32 Å². The number of carbonyl (C=O) groups is 2. The van der Waals surface area contributed by atoms with E-state index in [4.69, 9.17) is 14.7 Å². The number of carbonyl (C=O) groups excluding carboxylic acids is 1. The van der Waals surface area contributed by atoms with Gasteiger partial charge in [-0.25, -0.2) is 9.59 Å². The normalized spacial score (nSPS) is 12.4. The van der Waals surface area contributed by atoms with Gasteiger partial charge < -0.3 is 24.8 Å². The zero-order valence-electron chi connectivity index (χ0n) is 12.8. The zero-order chi connectivity index (χ0) is 17.0. The van der Waals surface area contributed by atoms with Crippen LogP contribution in [-0.4, -0.2) is 40.9 Å². The van der Waals surface area contributed by atoms with Crippen molar-refractivity contribution in [1.82, 2.24) is 4.90 Å². The number of nitrogens with one attached hydrogen (secondary N) is 1. The summed E-state index contributed by atoms with van der Waals surface area (Å²) in [7, 11) is 0. The summed E-state index contributed by atoms with van der Waals surface area (Å²) in [4.78, 5) is 24.9. The minimum atomic E-state index is -1.45. The fourth-order valence-electron chi connectivity index (χ4n) is 2.08. The van der Waals surface area contributed by atoms with E-state index < -0.39 is 17.5 Å². The molecule has 1 aliphatic rings. The number of benzene rings is 1. The molecule has 0 bridgehead atoms. The first-order chi connectivity index (χ1) is 10.9. The molecule has 8 nitrogen and oxygen atoms in total. The third-order valence-electron chi connectivity index (χ3n) is 3.51. The molecule has 0 radical (unpaired) electrons. The molecule has 0 fully saturated rings. The summed E-state index contributed by atoms with van der Waals surface area (Å²) in [5, 5.41) is 20.6. The Bertz CT molecular complexity index is 666. The van der Waals surface area contributed by atoms with E-state index in [0.717, 1.165) is 4.90 Å². The Balaban J connectivity index is 2.17. The lowest BCUT2D eigenvalue weighted by Crippen LogP contribution is -2.54. The minimum absolute atomic E-state index is 0.00614.